The zero-order valence-corrected chi connectivity index (χ0v) is 20.7. The quantitative estimate of drug-likeness (QED) is 0.347. The number of anilines is 1. The van der Waals surface area contributed by atoms with Crippen molar-refractivity contribution in [3.8, 4) is 11.1 Å². The van der Waals surface area contributed by atoms with Crippen LogP contribution in [0.3, 0.4) is 0 Å². The third-order valence-electron chi connectivity index (χ3n) is 6.47. The number of amides is 2. The number of nitrogens with one attached hydrogen (secondary N) is 1. The van der Waals surface area contributed by atoms with Crippen LogP contribution in [-0.4, -0.2) is 40.5 Å². The Kier molecular flexibility index (Phi) is 6.67. The van der Waals surface area contributed by atoms with Crippen LogP contribution in [0.25, 0.3) is 28.2 Å². The smallest absolute Gasteiger partial charge is 0.253 e. The monoisotopic (exact) mass is 516 g/mol. The molecule has 4 aromatic rings. The fraction of sp³-hybridized carbons (Fsp3) is 0.207. The minimum atomic E-state index is -1.36. The number of aromatic nitrogens is 1. The molecule has 1 unspecified atom stereocenters. The fourth-order valence-corrected chi connectivity index (χ4v) is 4.42. The molecule has 0 aliphatic carbocycles. The molecule has 1 atom stereocenters. The van der Waals surface area contributed by atoms with Gasteiger partial charge >= 0.3 is 0 Å². The number of fused-ring (bicyclic) bond motifs is 1. The van der Waals surface area contributed by atoms with Crippen LogP contribution in [-0.2, 0) is 11.3 Å². The summed E-state index contributed by atoms with van der Waals surface area (Å²) in [5, 5.41) is 3.25. The molecule has 1 saturated heterocycles. The van der Waals surface area contributed by atoms with Gasteiger partial charge in [0.25, 0.3) is 5.91 Å². The number of carbonyl (C=O) groups excluding carboxylic acids is 2. The van der Waals surface area contributed by atoms with E-state index in [0.717, 1.165) is 11.1 Å². The molecule has 5 rings (SSSR count). The Labute approximate surface area is 217 Å². The number of pyridine rings is 1. The van der Waals surface area contributed by atoms with Crippen molar-refractivity contribution < 1.29 is 22.8 Å². The highest BCUT2D eigenvalue weighted by Crippen LogP contribution is 2.30. The molecule has 0 radical (unpaired) electrons. The summed E-state index contributed by atoms with van der Waals surface area (Å²) in [7, 11) is 0. The van der Waals surface area contributed by atoms with Crippen LogP contribution < -0.4 is 11.1 Å². The molecule has 194 valence electrons. The number of nitrogens with zero attached hydrogens (tertiary/aromatic N) is 2. The zero-order valence-electron chi connectivity index (χ0n) is 20.7. The molecule has 2 aromatic carbocycles. The molecule has 9 heteroatoms. The number of nitrogen functional groups attached to an aromatic ring is 1. The topological polar surface area (TPSA) is 101 Å². The molecule has 1 aliphatic heterocycles. The molecule has 2 aromatic heterocycles. The lowest BCUT2D eigenvalue weighted by Gasteiger charge is -2.17. The Morgan fingerprint density at radius 2 is 1.95 bits per heavy atom. The minimum Gasteiger partial charge on any atom is -0.456 e. The molecule has 2 amide bonds. The standard InChI is InChI=1S/C29H26F2N4O3/c1-29(31)10-11-35(17-29)28(37)20-6-4-19(5-7-20)21-12-22-13-23(38-27(22)24(30)14-21)16-34-26(36)9-3-18-2-8-25(32)33-15-18/h2-9,12-15H,10-11,16-17H2,1H3,(H2,32,33)(H,34,36). The Bertz CT molecular complexity index is 1530. The first-order valence-electron chi connectivity index (χ1n) is 12.1. The van der Waals surface area contributed by atoms with Crippen LogP contribution in [0.1, 0.15) is 35.0 Å². The Balaban J connectivity index is 1.26. The van der Waals surface area contributed by atoms with Crippen LogP contribution in [0.5, 0.6) is 0 Å². The Morgan fingerprint density at radius 3 is 2.63 bits per heavy atom. The van der Waals surface area contributed by atoms with Gasteiger partial charge in [-0.05, 0) is 72.2 Å². The van der Waals surface area contributed by atoms with Gasteiger partial charge in [-0.1, -0.05) is 12.1 Å². The second kappa shape index (κ2) is 10.1. The van der Waals surface area contributed by atoms with Gasteiger partial charge in [0, 0.05) is 36.2 Å². The highest BCUT2D eigenvalue weighted by atomic mass is 19.1. The predicted octanol–water partition coefficient (Wildman–Crippen LogP) is 5.12. The number of hydrogen-bond acceptors (Lipinski definition) is 5. The molecule has 1 fully saturated rings. The Morgan fingerprint density at radius 1 is 1.16 bits per heavy atom. The van der Waals surface area contributed by atoms with Gasteiger partial charge in [0.2, 0.25) is 5.91 Å². The number of nitrogens with two attached hydrogens (primary N) is 1. The number of hydrogen-bond donors (Lipinski definition) is 2. The lowest BCUT2D eigenvalue weighted by Crippen LogP contribution is -2.31. The van der Waals surface area contributed by atoms with Crippen LogP contribution in [0.15, 0.2) is 71.3 Å². The fourth-order valence-electron chi connectivity index (χ4n) is 4.42. The molecule has 0 spiro atoms. The van der Waals surface area contributed by atoms with E-state index in [9.17, 15) is 18.4 Å². The van der Waals surface area contributed by atoms with Crippen molar-refractivity contribution in [1.29, 1.82) is 0 Å². The summed E-state index contributed by atoms with van der Waals surface area (Å²) in [5.41, 5.74) is 6.80. The molecule has 38 heavy (non-hydrogen) atoms. The summed E-state index contributed by atoms with van der Waals surface area (Å²) in [4.78, 5) is 30.3. The van der Waals surface area contributed by atoms with Crippen molar-refractivity contribution in [2.45, 2.75) is 25.6 Å². The molecule has 0 bridgehead atoms. The van der Waals surface area contributed by atoms with Crippen LogP contribution in [0.2, 0.25) is 0 Å². The van der Waals surface area contributed by atoms with Crippen molar-refractivity contribution in [1.82, 2.24) is 15.2 Å². The van der Waals surface area contributed by atoms with E-state index in [1.54, 1.807) is 60.8 Å². The van der Waals surface area contributed by atoms with E-state index in [1.165, 1.54) is 24.0 Å². The molecule has 7 nitrogen and oxygen atoms in total. The number of carbonyl (C=O) groups is 2. The van der Waals surface area contributed by atoms with E-state index in [0.29, 0.717) is 41.1 Å². The molecular formula is C29H26F2N4O3. The first-order chi connectivity index (χ1) is 18.2. The zero-order chi connectivity index (χ0) is 26.9. The molecule has 3 heterocycles. The molecule has 0 saturated carbocycles. The normalized spacial score (nSPS) is 17.4. The van der Waals surface area contributed by atoms with Gasteiger partial charge in [0.15, 0.2) is 11.4 Å². The van der Waals surface area contributed by atoms with Crippen molar-refractivity contribution in [3.63, 3.8) is 0 Å². The van der Waals surface area contributed by atoms with Gasteiger partial charge in [-0.2, -0.15) is 0 Å². The molecule has 1 aliphatic rings. The van der Waals surface area contributed by atoms with E-state index in [1.807, 2.05) is 0 Å². The van der Waals surface area contributed by atoms with E-state index >= 15 is 0 Å². The summed E-state index contributed by atoms with van der Waals surface area (Å²) in [6.07, 6.45) is 4.85. The van der Waals surface area contributed by atoms with Crippen molar-refractivity contribution in [3.05, 3.63) is 89.6 Å². The van der Waals surface area contributed by atoms with E-state index in [-0.39, 0.29) is 30.5 Å². The maximum atomic E-state index is 14.9. The summed E-state index contributed by atoms with van der Waals surface area (Å²) in [6.45, 7) is 2.05. The average Bonchev–Trinajstić information content (AvgIpc) is 3.49. The number of benzene rings is 2. The number of likely N-dealkylation sites (tertiary alicyclic amines) is 1. The minimum absolute atomic E-state index is 0.0785. The highest BCUT2D eigenvalue weighted by molar-refractivity contribution is 5.95. The van der Waals surface area contributed by atoms with Gasteiger partial charge in [0.05, 0.1) is 13.1 Å². The van der Waals surface area contributed by atoms with Crippen LogP contribution >= 0.6 is 0 Å². The summed E-state index contributed by atoms with van der Waals surface area (Å²) in [5.74, 6) is -0.309. The lowest BCUT2D eigenvalue weighted by atomic mass is 10.0. The summed E-state index contributed by atoms with van der Waals surface area (Å²) >= 11 is 0. The second-order valence-corrected chi connectivity index (χ2v) is 9.62. The number of furan rings is 1. The summed E-state index contributed by atoms with van der Waals surface area (Å²) < 4.78 is 34.6. The van der Waals surface area contributed by atoms with Crippen LogP contribution in [0, 0.1) is 5.82 Å². The Hall–Kier alpha value is -4.53. The van der Waals surface area contributed by atoms with Gasteiger partial charge in [-0.15, -0.1) is 0 Å². The van der Waals surface area contributed by atoms with Gasteiger partial charge in [-0.3, -0.25) is 9.59 Å². The average molecular weight is 517 g/mol. The van der Waals surface area contributed by atoms with Crippen molar-refractivity contribution in [2.24, 2.45) is 0 Å². The predicted molar refractivity (Wildman–Crippen MR) is 141 cm³/mol. The van der Waals surface area contributed by atoms with E-state index in [2.05, 4.69) is 10.3 Å². The first kappa shape index (κ1) is 25.1. The van der Waals surface area contributed by atoms with E-state index in [4.69, 9.17) is 10.2 Å². The van der Waals surface area contributed by atoms with Gasteiger partial charge in [0.1, 0.15) is 17.2 Å². The number of halogens is 2. The van der Waals surface area contributed by atoms with Gasteiger partial charge in [-0.25, -0.2) is 13.8 Å². The lowest BCUT2D eigenvalue weighted by molar-refractivity contribution is -0.116. The highest BCUT2D eigenvalue weighted by Gasteiger charge is 2.36. The molecular weight excluding hydrogens is 490 g/mol. The molecule has 3 N–H and O–H groups in total. The van der Waals surface area contributed by atoms with Gasteiger partial charge < -0.3 is 20.4 Å². The largest absolute Gasteiger partial charge is 0.456 e. The van der Waals surface area contributed by atoms with Crippen molar-refractivity contribution in [2.75, 3.05) is 18.8 Å². The SMILES string of the molecule is CC1(F)CCN(C(=O)c2ccc(-c3cc(F)c4oc(CNC(=O)C=Cc5ccc(N)nc5)cc4c3)cc2)C1. The van der Waals surface area contributed by atoms with Crippen molar-refractivity contribution >= 4 is 34.7 Å². The third-order valence-corrected chi connectivity index (χ3v) is 6.47. The maximum Gasteiger partial charge on any atom is 0.253 e. The maximum absolute atomic E-state index is 14.9. The first-order valence-corrected chi connectivity index (χ1v) is 12.1. The van der Waals surface area contributed by atoms with Crippen LogP contribution in [0.4, 0.5) is 14.6 Å². The second-order valence-electron chi connectivity index (χ2n) is 9.62. The number of alkyl halides is 1. The van der Waals surface area contributed by atoms with E-state index < -0.39 is 11.5 Å². The number of rotatable bonds is 6. The summed E-state index contributed by atoms with van der Waals surface area (Å²) in [6, 6.07) is 15.0. The third kappa shape index (κ3) is 5.56.